The zero-order valence-electron chi connectivity index (χ0n) is 9.77. The van der Waals surface area contributed by atoms with Gasteiger partial charge in [-0.2, -0.15) is 0 Å². The van der Waals surface area contributed by atoms with Crippen LogP contribution in [0.5, 0.6) is 0 Å². The summed E-state index contributed by atoms with van der Waals surface area (Å²) >= 11 is 0. The van der Waals surface area contributed by atoms with Crippen molar-refractivity contribution < 1.29 is 14.7 Å². The van der Waals surface area contributed by atoms with Gasteiger partial charge in [-0.15, -0.1) is 0 Å². The first-order valence-electron chi connectivity index (χ1n) is 5.80. The van der Waals surface area contributed by atoms with Gasteiger partial charge in [0.05, 0.1) is 12.0 Å². The third kappa shape index (κ3) is 2.16. The fourth-order valence-corrected chi connectivity index (χ4v) is 2.05. The van der Waals surface area contributed by atoms with Crippen LogP contribution in [0.2, 0.25) is 0 Å². The standard InChI is InChI=1S/C13H15NO3/c1-2-3-6-14-11-7-10(13(16)17)5-4-9(11)8-12(14)15/h4-5,7H,2-3,6,8H2,1H3,(H,16,17). The number of carboxylic acid groups (broad SMARTS) is 1. The smallest absolute Gasteiger partial charge is 0.335 e. The molecule has 1 aromatic rings. The van der Waals surface area contributed by atoms with Crippen LogP contribution in [-0.2, 0) is 11.2 Å². The third-order valence-electron chi connectivity index (χ3n) is 3.00. The summed E-state index contributed by atoms with van der Waals surface area (Å²) in [5, 5.41) is 8.94. The van der Waals surface area contributed by atoms with E-state index in [1.807, 2.05) is 0 Å². The second-order valence-corrected chi connectivity index (χ2v) is 4.22. The van der Waals surface area contributed by atoms with Crippen molar-refractivity contribution in [1.82, 2.24) is 0 Å². The summed E-state index contributed by atoms with van der Waals surface area (Å²) in [5.74, 6) is -0.890. The van der Waals surface area contributed by atoms with Crippen LogP contribution in [-0.4, -0.2) is 23.5 Å². The lowest BCUT2D eigenvalue weighted by Crippen LogP contribution is -2.27. The number of hydrogen-bond donors (Lipinski definition) is 1. The average Bonchev–Trinajstić information content (AvgIpc) is 2.61. The third-order valence-corrected chi connectivity index (χ3v) is 3.00. The monoisotopic (exact) mass is 233 g/mol. The van der Waals surface area contributed by atoms with Gasteiger partial charge < -0.3 is 10.0 Å². The molecule has 0 radical (unpaired) electrons. The van der Waals surface area contributed by atoms with Gasteiger partial charge in [0.2, 0.25) is 5.91 Å². The van der Waals surface area contributed by atoms with E-state index < -0.39 is 5.97 Å². The Balaban J connectivity index is 2.32. The molecule has 0 saturated heterocycles. The SMILES string of the molecule is CCCCN1C(=O)Cc2ccc(C(=O)O)cc21. The number of carbonyl (C=O) groups excluding carboxylic acids is 1. The number of nitrogens with zero attached hydrogens (tertiary/aromatic N) is 1. The van der Waals surface area contributed by atoms with Gasteiger partial charge in [-0.3, -0.25) is 4.79 Å². The van der Waals surface area contributed by atoms with E-state index in [0.717, 1.165) is 24.1 Å². The molecule has 1 amide bonds. The quantitative estimate of drug-likeness (QED) is 0.866. The lowest BCUT2D eigenvalue weighted by molar-refractivity contribution is -0.117. The van der Waals surface area contributed by atoms with Crippen molar-refractivity contribution in [3.8, 4) is 0 Å². The van der Waals surface area contributed by atoms with E-state index in [0.29, 0.717) is 13.0 Å². The van der Waals surface area contributed by atoms with Gasteiger partial charge in [0.1, 0.15) is 0 Å². The second kappa shape index (κ2) is 4.57. The predicted molar refractivity (Wildman–Crippen MR) is 64.4 cm³/mol. The van der Waals surface area contributed by atoms with Crippen LogP contribution >= 0.6 is 0 Å². The molecule has 1 aromatic carbocycles. The Kier molecular flexibility index (Phi) is 3.13. The molecule has 0 saturated carbocycles. The molecule has 1 aliphatic rings. The molecule has 0 unspecified atom stereocenters. The van der Waals surface area contributed by atoms with Gasteiger partial charge in [-0.05, 0) is 24.1 Å². The molecular weight excluding hydrogens is 218 g/mol. The van der Waals surface area contributed by atoms with Gasteiger partial charge in [0.15, 0.2) is 0 Å². The Morgan fingerprint density at radius 2 is 2.24 bits per heavy atom. The first-order chi connectivity index (χ1) is 8.13. The van der Waals surface area contributed by atoms with Crippen LogP contribution in [0.1, 0.15) is 35.7 Å². The number of carbonyl (C=O) groups is 2. The Labute approximate surface area is 99.9 Å². The maximum atomic E-state index is 11.8. The average molecular weight is 233 g/mol. The van der Waals surface area contributed by atoms with Crippen molar-refractivity contribution in [2.24, 2.45) is 0 Å². The lowest BCUT2D eigenvalue weighted by atomic mass is 10.1. The summed E-state index contributed by atoms with van der Waals surface area (Å²) in [4.78, 5) is 24.4. The highest BCUT2D eigenvalue weighted by atomic mass is 16.4. The number of aromatic carboxylic acids is 1. The van der Waals surface area contributed by atoms with Crippen molar-refractivity contribution in [3.05, 3.63) is 29.3 Å². The van der Waals surface area contributed by atoms with Crippen LogP contribution in [0.4, 0.5) is 5.69 Å². The van der Waals surface area contributed by atoms with Crippen LogP contribution in [0.3, 0.4) is 0 Å². The fourth-order valence-electron chi connectivity index (χ4n) is 2.05. The Hall–Kier alpha value is -1.84. The molecular formula is C13H15NO3. The summed E-state index contributed by atoms with van der Waals surface area (Å²) in [6.07, 6.45) is 2.33. The normalized spacial score (nSPS) is 13.9. The zero-order chi connectivity index (χ0) is 12.4. The molecule has 1 aliphatic heterocycles. The molecule has 0 spiro atoms. The number of unbranched alkanes of at least 4 members (excludes halogenated alkanes) is 1. The van der Waals surface area contributed by atoms with Gasteiger partial charge >= 0.3 is 5.97 Å². The Morgan fingerprint density at radius 3 is 2.88 bits per heavy atom. The van der Waals surface area contributed by atoms with E-state index in [1.54, 1.807) is 23.1 Å². The molecule has 0 atom stereocenters. The van der Waals surface area contributed by atoms with Gasteiger partial charge in [0.25, 0.3) is 0 Å². The zero-order valence-corrected chi connectivity index (χ0v) is 9.77. The number of hydrogen-bond acceptors (Lipinski definition) is 2. The summed E-state index contributed by atoms with van der Waals surface area (Å²) in [6.45, 7) is 2.74. The number of carboxylic acids is 1. The molecule has 2 rings (SSSR count). The van der Waals surface area contributed by atoms with Crippen molar-refractivity contribution in [3.63, 3.8) is 0 Å². The number of amides is 1. The second-order valence-electron chi connectivity index (χ2n) is 4.22. The molecule has 4 heteroatoms. The largest absolute Gasteiger partial charge is 0.478 e. The molecule has 1 heterocycles. The minimum absolute atomic E-state index is 0.0657. The topological polar surface area (TPSA) is 57.6 Å². The first-order valence-corrected chi connectivity index (χ1v) is 5.80. The molecule has 0 aliphatic carbocycles. The minimum Gasteiger partial charge on any atom is -0.478 e. The maximum Gasteiger partial charge on any atom is 0.335 e. The number of anilines is 1. The van der Waals surface area contributed by atoms with E-state index in [-0.39, 0.29) is 11.5 Å². The van der Waals surface area contributed by atoms with Gasteiger partial charge in [0, 0.05) is 12.2 Å². The van der Waals surface area contributed by atoms with Crippen LogP contribution in [0.15, 0.2) is 18.2 Å². The molecule has 1 N–H and O–H groups in total. The molecule has 90 valence electrons. The van der Waals surface area contributed by atoms with E-state index in [4.69, 9.17) is 5.11 Å². The van der Waals surface area contributed by atoms with Crippen LogP contribution < -0.4 is 4.90 Å². The highest BCUT2D eigenvalue weighted by molar-refractivity contribution is 6.03. The maximum absolute atomic E-state index is 11.8. The van der Waals surface area contributed by atoms with E-state index in [9.17, 15) is 9.59 Å². The number of fused-ring (bicyclic) bond motifs is 1. The predicted octanol–water partition coefficient (Wildman–Crippen LogP) is 2.07. The number of rotatable bonds is 4. The van der Waals surface area contributed by atoms with Gasteiger partial charge in [-0.1, -0.05) is 19.4 Å². The molecule has 0 fully saturated rings. The van der Waals surface area contributed by atoms with E-state index in [2.05, 4.69) is 6.92 Å². The van der Waals surface area contributed by atoms with Crippen LogP contribution in [0.25, 0.3) is 0 Å². The highest BCUT2D eigenvalue weighted by Crippen LogP contribution is 2.30. The highest BCUT2D eigenvalue weighted by Gasteiger charge is 2.27. The molecule has 4 nitrogen and oxygen atoms in total. The van der Waals surface area contributed by atoms with Crippen molar-refractivity contribution in [2.75, 3.05) is 11.4 Å². The molecule has 17 heavy (non-hydrogen) atoms. The van der Waals surface area contributed by atoms with Crippen molar-refractivity contribution >= 4 is 17.6 Å². The van der Waals surface area contributed by atoms with Crippen molar-refractivity contribution in [2.45, 2.75) is 26.2 Å². The van der Waals surface area contributed by atoms with Crippen LogP contribution in [0, 0.1) is 0 Å². The summed E-state index contributed by atoms with van der Waals surface area (Å²) in [6, 6.07) is 4.89. The summed E-state index contributed by atoms with van der Waals surface area (Å²) in [5.41, 5.74) is 1.93. The van der Waals surface area contributed by atoms with Gasteiger partial charge in [-0.25, -0.2) is 4.79 Å². The minimum atomic E-state index is -0.956. The Bertz CT molecular complexity index is 468. The fraction of sp³-hybridized carbons (Fsp3) is 0.385. The first kappa shape index (κ1) is 11.6. The summed E-state index contributed by atoms with van der Waals surface area (Å²) < 4.78 is 0. The van der Waals surface area contributed by atoms with E-state index >= 15 is 0 Å². The summed E-state index contributed by atoms with van der Waals surface area (Å²) in [7, 11) is 0. The van der Waals surface area contributed by atoms with Crippen molar-refractivity contribution in [1.29, 1.82) is 0 Å². The molecule has 0 aromatic heterocycles. The Morgan fingerprint density at radius 1 is 1.47 bits per heavy atom. The lowest BCUT2D eigenvalue weighted by Gasteiger charge is -2.17. The number of benzene rings is 1. The molecule has 0 bridgehead atoms. The van der Waals surface area contributed by atoms with E-state index in [1.165, 1.54) is 0 Å².